The summed E-state index contributed by atoms with van der Waals surface area (Å²) >= 11 is 11.7. The Morgan fingerprint density at radius 1 is 1.44 bits per heavy atom. The van der Waals surface area contributed by atoms with E-state index in [1.807, 2.05) is 6.92 Å². The van der Waals surface area contributed by atoms with Crippen molar-refractivity contribution in [2.75, 3.05) is 12.3 Å². The molecule has 1 atom stereocenters. The number of carbonyl (C=O) groups excluding carboxylic acids is 1. The molecule has 0 saturated heterocycles. The number of hydrogen-bond acceptors (Lipinski definition) is 3. The van der Waals surface area contributed by atoms with E-state index in [9.17, 15) is 4.79 Å². The van der Waals surface area contributed by atoms with E-state index in [0.717, 1.165) is 6.42 Å². The summed E-state index contributed by atoms with van der Waals surface area (Å²) in [6.07, 6.45) is 0.226. The van der Waals surface area contributed by atoms with Crippen molar-refractivity contribution in [2.24, 2.45) is 0 Å². The van der Waals surface area contributed by atoms with Crippen molar-refractivity contribution in [3.05, 3.63) is 22.2 Å². The molecule has 1 rings (SSSR count). The molecule has 0 fully saturated rings. The first-order valence-electron chi connectivity index (χ1n) is 5.64. The quantitative estimate of drug-likeness (QED) is 0.820. The molecule has 0 aliphatic heterocycles. The number of ether oxygens (including phenoxy) is 1. The van der Waals surface area contributed by atoms with Crippen LogP contribution in [0.3, 0.4) is 0 Å². The number of nitrogen functional groups attached to an aromatic ring is 1. The smallest absolute Gasteiger partial charge is 0.260 e. The van der Waals surface area contributed by atoms with Crippen molar-refractivity contribution in [3.63, 3.8) is 0 Å². The average molecular weight is 291 g/mol. The lowest BCUT2D eigenvalue weighted by Crippen LogP contribution is -2.36. The fourth-order valence-corrected chi connectivity index (χ4v) is 1.61. The number of amides is 1. The lowest BCUT2D eigenvalue weighted by atomic mass is 10.3. The molecule has 1 unspecified atom stereocenters. The Hall–Kier alpha value is -1.13. The van der Waals surface area contributed by atoms with Gasteiger partial charge in [0.05, 0.1) is 15.7 Å². The van der Waals surface area contributed by atoms with Gasteiger partial charge in [0.15, 0.2) is 6.10 Å². The largest absolute Gasteiger partial charge is 0.479 e. The van der Waals surface area contributed by atoms with Gasteiger partial charge in [0.2, 0.25) is 0 Å². The number of benzene rings is 1. The molecular weight excluding hydrogens is 275 g/mol. The number of anilines is 1. The second-order valence-electron chi connectivity index (χ2n) is 3.86. The maximum absolute atomic E-state index is 11.6. The highest BCUT2D eigenvalue weighted by Crippen LogP contribution is 2.32. The van der Waals surface area contributed by atoms with E-state index in [-0.39, 0.29) is 5.91 Å². The third-order valence-corrected chi connectivity index (χ3v) is 3.00. The lowest BCUT2D eigenvalue weighted by Gasteiger charge is -2.16. The summed E-state index contributed by atoms with van der Waals surface area (Å²) in [6, 6.07) is 3.00. The van der Waals surface area contributed by atoms with Gasteiger partial charge in [-0.25, -0.2) is 0 Å². The summed E-state index contributed by atoms with van der Waals surface area (Å²) in [4.78, 5) is 11.6. The van der Waals surface area contributed by atoms with Crippen LogP contribution >= 0.6 is 23.2 Å². The van der Waals surface area contributed by atoms with Gasteiger partial charge in [-0.15, -0.1) is 0 Å². The van der Waals surface area contributed by atoms with Crippen LogP contribution in [0.15, 0.2) is 12.1 Å². The number of nitrogens with one attached hydrogen (secondary N) is 1. The Balaban J connectivity index is 2.72. The molecule has 0 saturated carbocycles. The summed E-state index contributed by atoms with van der Waals surface area (Å²) in [5.41, 5.74) is 6.09. The molecule has 1 aromatic rings. The SMILES string of the molecule is CCCNC(=O)C(C)Oc1cc(Cl)c(Cl)cc1N. The summed E-state index contributed by atoms with van der Waals surface area (Å²) in [5, 5.41) is 3.42. The van der Waals surface area contributed by atoms with Crippen LogP contribution in [0.4, 0.5) is 5.69 Å². The highest BCUT2D eigenvalue weighted by Gasteiger charge is 2.16. The third kappa shape index (κ3) is 3.96. The van der Waals surface area contributed by atoms with Crippen LogP contribution in [0, 0.1) is 0 Å². The van der Waals surface area contributed by atoms with Gasteiger partial charge in [-0.05, 0) is 19.4 Å². The molecule has 0 heterocycles. The minimum Gasteiger partial charge on any atom is -0.479 e. The van der Waals surface area contributed by atoms with Crippen molar-refractivity contribution in [1.29, 1.82) is 0 Å². The maximum atomic E-state index is 11.6. The van der Waals surface area contributed by atoms with Crippen LogP contribution in [0.25, 0.3) is 0 Å². The first-order chi connectivity index (χ1) is 8.45. The Labute approximate surface area is 116 Å². The van der Waals surface area contributed by atoms with E-state index in [1.165, 1.54) is 12.1 Å². The van der Waals surface area contributed by atoms with Crippen molar-refractivity contribution < 1.29 is 9.53 Å². The molecular formula is C12H16Cl2N2O2. The van der Waals surface area contributed by atoms with Gasteiger partial charge < -0.3 is 15.8 Å². The van der Waals surface area contributed by atoms with Crippen LogP contribution in [0.5, 0.6) is 5.75 Å². The van der Waals surface area contributed by atoms with E-state index in [2.05, 4.69) is 5.32 Å². The fraction of sp³-hybridized carbons (Fsp3) is 0.417. The first kappa shape index (κ1) is 14.9. The molecule has 0 aliphatic rings. The van der Waals surface area contributed by atoms with Crippen LogP contribution in [0.2, 0.25) is 10.0 Å². The third-order valence-electron chi connectivity index (χ3n) is 2.27. The zero-order chi connectivity index (χ0) is 13.7. The first-order valence-corrected chi connectivity index (χ1v) is 6.40. The average Bonchev–Trinajstić information content (AvgIpc) is 2.32. The molecule has 18 heavy (non-hydrogen) atoms. The number of nitrogens with two attached hydrogens (primary N) is 1. The zero-order valence-electron chi connectivity index (χ0n) is 10.3. The molecule has 1 aromatic carbocycles. The summed E-state index contributed by atoms with van der Waals surface area (Å²) < 4.78 is 5.46. The zero-order valence-corrected chi connectivity index (χ0v) is 11.8. The Morgan fingerprint density at radius 3 is 2.67 bits per heavy atom. The number of hydrogen-bond donors (Lipinski definition) is 2. The standard InChI is InChI=1S/C12H16Cl2N2O2/c1-3-4-16-12(17)7(2)18-11-6-9(14)8(13)5-10(11)15/h5-7H,3-4,15H2,1-2H3,(H,16,17). The normalized spacial score (nSPS) is 12.0. The van der Waals surface area contributed by atoms with Crippen molar-refractivity contribution in [1.82, 2.24) is 5.32 Å². The van der Waals surface area contributed by atoms with E-state index < -0.39 is 6.10 Å². The highest BCUT2D eigenvalue weighted by molar-refractivity contribution is 6.42. The number of rotatable bonds is 5. The Morgan fingerprint density at radius 2 is 2.06 bits per heavy atom. The Bertz CT molecular complexity index is 438. The monoisotopic (exact) mass is 290 g/mol. The molecule has 4 nitrogen and oxygen atoms in total. The summed E-state index contributed by atoms with van der Waals surface area (Å²) in [7, 11) is 0. The summed E-state index contributed by atoms with van der Waals surface area (Å²) in [6.45, 7) is 4.24. The lowest BCUT2D eigenvalue weighted by molar-refractivity contribution is -0.127. The van der Waals surface area contributed by atoms with Crippen molar-refractivity contribution >= 4 is 34.8 Å². The van der Waals surface area contributed by atoms with E-state index >= 15 is 0 Å². The molecule has 0 spiro atoms. The minimum absolute atomic E-state index is 0.192. The van der Waals surface area contributed by atoms with Gasteiger partial charge in [-0.1, -0.05) is 30.1 Å². The maximum Gasteiger partial charge on any atom is 0.260 e. The molecule has 0 aromatic heterocycles. The molecule has 6 heteroatoms. The van der Waals surface area contributed by atoms with Gasteiger partial charge in [-0.3, -0.25) is 4.79 Å². The number of carbonyl (C=O) groups is 1. The highest BCUT2D eigenvalue weighted by atomic mass is 35.5. The van der Waals surface area contributed by atoms with Crippen molar-refractivity contribution in [3.8, 4) is 5.75 Å². The van der Waals surface area contributed by atoms with Gasteiger partial charge in [0.25, 0.3) is 5.91 Å². The Kier molecular flexibility index (Phi) is 5.56. The fourth-order valence-electron chi connectivity index (χ4n) is 1.28. The van der Waals surface area contributed by atoms with Crippen LogP contribution in [-0.2, 0) is 4.79 Å². The second-order valence-corrected chi connectivity index (χ2v) is 4.67. The molecule has 1 amide bonds. The predicted molar refractivity (Wildman–Crippen MR) is 74.3 cm³/mol. The molecule has 0 aliphatic carbocycles. The second kappa shape index (κ2) is 6.71. The van der Waals surface area contributed by atoms with Gasteiger partial charge >= 0.3 is 0 Å². The van der Waals surface area contributed by atoms with Gasteiger partial charge in [0.1, 0.15) is 5.75 Å². The van der Waals surface area contributed by atoms with E-state index in [0.29, 0.717) is 28.0 Å². The van der Waals surface area contributed by atoms with Crippen LogP contribution in [0.1, 0.15) is 20.3 Å². The predicted octanol–water partition coefficient (Wildman–Crippen LogP) is 2.87. The molecule has 0 radical (unpaired) electrons. The van der Waals surface area contributed by atoms with E-state index in [1.54, 1.807) is 6.92 Å². The van der Waals surface area contributed by atoms with Gasteiger partial charge in [-0.2, -0.15) is 0 Å². The number of halogens is 2. The van der Waals surface area contributed by atoms with E-state index in [4.69, 9.17) is 33.7 Å². The van der Waals surface area contributed by atoms with Gasteiger partial charge in [0, 0.05) is 12.6 Å². The molecule has 100 valence electrons. The van der Waals surface area contributed by atoms with Crippen LogP contribution in [-0.4, -0.2) is 18.6 Å². The van der Waals surface area contributed by atoms with Crippen molar-refractivity contribution in [2.45, 2.75) is 26.4 Å². The molecule has 3 N–H and O–H groups in total. The van der Waals surface area contributed by atoms with Crippen LogP contribution < -0.4 is 15.8 Å². The molecule has 0 bridgehead atoms. The minimum atomic E-state index is -0.643. The summed E-state index contributed by atoms with van der Waals surface area (Å²) in [5.74, 6) is 0.158. The topological polar surface area (TPSA) is 64.3 Å².